The van der Waals surface area contributed by atoms with Crippen LogP contribution in [-0.4, -0.2) is 39.8 Å². The highest BCUT2D eigenvalue weighted by molar-refractivity contribution is 6.33. The van der Waals surface area contributed by atoms with E-state index in [1.165, 1.54) is 12.4 Å². The highest BCUT2D eigenvalue weighted by Gasteiger charge is 2.21. The Hall–Kier alpha value is -3.74. The van der Waals surface area contributed by atoms with Crippen LogP contribution in [0.3, 0.4) is 0 Å². The summed E-state index contributed by atoms with van der Waals surface area (Å²) in [4.78, 5) is 15.4. The Balaban J connectivity index is 1.63. The number of pyridine rings is 1. The zero-order chi connectivity index (χ0) is 26.4. The lowest BCUT2D eigenvalue weighted by Crippen LogP contribution is -2.37. The Morgan fingerprint density at radius 3 is 2.78 bits per heavy atom. The molecule has 1 fully saturated rings. The highest BCUT2D eigenvalue weighted by atomic mass is 35.5. The van der Waals surface area contributed by atoms with Crippen molar-refractivity contribution < 1.29 is 9.50 Å². The average molecular weight is 522 g/mol. The fourth-order valence-electron chi connectivity index (χ4n) is 4.16. The topological polar surface area (TPSA) is 110 Å². The van der Waals surface area contributed by atoms with E-state index >= 15 is 0 Å². The van der Waals surface area contributed by atoms with Gasteiger partial charge in [0.05, 0.1) is 28.0 Å². The Kier molecular flexibility index (Phi) is 8.54. The number of benzene rings is 1. The van der Waals surface area contributed by atoms with Crippen LogP contribution in [0.25, 0.3) is 6.08 Å². The van der Waals surface area contributed by atoms with Gasteiger partial charge in [0, 0.05) is 43.6 Å². The van der Waals surface area contributed by atoms with Crippen molar-refractivity contribution in [2.24, 2.45) is 5.92 Å². The minimum atomic E-state index is -0.624. The number of hydrogen-bond acceptors (Lipinski definition) is 8. The van der Waals surface area contributed by atoms with Crippen molar-refractivity contribution >= 4 is 46.5 Å². The van der Waals surface area contributed by atoms with Crippen LogP contribution in [-0.2, 0) is 0 Å². The quantitative estimate of drug-likeness (QED) is 0.329. The Morgan fingerprint density at radius 1 is 1.24 bits per heavy atom. The highest BCUT2D eigenvalue weighted by Crippen LogP contribution is 2.33. The maximum Gasteiger partial charge on any atom is 0.149 e. The lowest BCUT2D eigenvalue weighted by Gasteiger charge is -2.32. The van der Waals surface area contributed by atoms with Gasteiger partial charge in [0.1, 0.15) is 29.6 Å². The molecule has 1 aromatic carbocycles. The Morgan fingerprint density at radius 2 is 2.05 bits per heavy atom. The van der Waals surface area contributed by atoms with Crippen molar-refractivity contribution in [2.75, 3.05) is 35.2 Å². The fraction of sp³-hybridized carbons (Fsp3) is 0.333. The molecule has 0 amide bonds. The van der Waals surface area contributed by atoms with Gasteiger partial charge in [0.15, 0.2) is 0 Å². The van der Waals surface area contributed by atoms with Gasteiger partial charge in [-0.2, -0.15) is 5.26 Å². The van der Waals surface area contributed by atoms with E-state index in [0.717, 1.165) is 55.4 Å². The molecule has 10 heteroatoms. The van der Waals surface area contributed by atoms with Gasteiger partial charge < -0.3 is 20.6 Å². The maximum absolute atomic E-state index is 14.8. The molecule has 8 nitrogen and oxygen atoms in total. The van der Waals surface area contributed by atoms with E-state index in [1.54, 1.807) is 12.3 Å². The normalized spacial score (nSPS) is 15.8. The van der Waals surface area contributed by atoms with Crippen LogP contribution in [0.15, 0.2) is 42.4 Å². The van der Waals surface area contributed by atoms with E-state index in [9.17, 15) is 9.50 Å². The molecule has 4 rings (SSSR count). The summed E-state index contributed by atoms with van der Waals surface area (Å²) < 4.78 is 14.8. The lowest BCUT2D eigenvalue weighted by molar-refractivity contribution is 0.208. The zero-order valence-electron chi connectivity index (χ0n) is 20.8. The number of nitrogens with zero attached hydrogens (tertiary/aromatic N) is 5. The molecular formula is C27H29ClFN7O. The second-order valence-electron chi connectivity index (χ2n) is 9.08. The van der Waals surface area contributed by atoms with E-state index in [1.807, 2.05) is 25.1 Å². The molecule has 3 aromatic rings. The number of hydrogen-bond donors (Lipinski definition) is 3. The monoisotopic (exact) mass is 521 g/mol. The number of anilines is 5. The fourth-order valence-corrected chi connectivity index (χ4v) is 4.41. The number of aromatic nitrogens is 3. The molecule has 2 aromatic heterocycles. The molecule has 0 saturated carbocycles. The van der Waals surface area contributed by atoms with Gasteiger partial charge in [-0.15, -0.1) is 0 Å². The number of nitriles is 1. The van der Waals surface area contributed by atoms with Crippen molar-refractivity contribution in [3.63, 3.8) is 0 Å². The molecule has 3 N–H and O–H groups in total. The first-order valence-corrected chi connectivity index (χ1v) is 12.6. The first-order chi connectivity index (χ1) is 17.9. The van der Waals surface area contributed by atoms with Crippen molar-refractivity contribution in [1.82, 2.24) is 15.0 Å². The minimum Gasteiger partial charge on any atom is -0.396 e. The van der Waals surface area contributed by atoms with Gasteiger partial charge in [0.25, 0.3) is 0 Å². The van der Waals surface area contributed by atoms with Crippen molar-refractivity contribution in [1.29, 1.82) is 5.26 Å². The summed E-state index contributed by atoms with van der Waals surface area (Å²) in [6.07, 6.45) is 8.01. The molecule has 1 aliphatic heterocycles. The molecule has 1 aliphatic rings. The van der Waals surface area contributed by atoms with E-state index in [4.69, 9.17) is 16.9 Å². The third-order valence-electron chi connectivity index (χ3n) is 6.34. The molecule has 192 valence electrons. The van der Waals surface area contributed by atoms with Crippen LogP contribution in [0.2, 0.25) is 5.02 Å². The van der Waals surface area contributed by atoms with Gasteiger partial charge in [-0.25, -0.2) is 19.3 Å². The predicted octanol–water partition coefficient (Wildman–Crippen LogP) is 6.04. The molecule has 1 saturated heterocycles. The Labute approximate surface area is 220 Å². The molecule has 1 unspecified atom stereocenters. The smallest absolute Gasteiger partial charge is 0.149 e. The number of allylic oxidation sites excluding steroid dienone is 1. The van der Waals surface area contributed by atoms with Gasteiger partial charge >= 0.3 is 0 Å². The standard InChI is InChI=1S/C27H29ClFN7O/c1-3-17(2)7-20-13-31-24(10-23(20)34-27-21(28)8-19(12-30)9-22(27)29)35-25-11-26(33-16-32-25)36-6-4-5-18(14-36)15-37/h7-11,13,16,18,37H,3-6,14-15H2,1-2H3,(H2,31,32,33,34,35). The first kappa shape index (κ1) is 26.3. The summed E-state index contributed by atoms with van der Waals surface area (Å²) in [5, 5.41) is 25.0. The summed E-state index contributed by atoms with van der Waals surface area (Å²) in [5.41, 5.74) is 2.70. The second-order valence-corrected chi connectivity index (χ2v) is 9.48. The van der Waals surface area contributed by atoms with Gasteiger partial charge in [-0.05, 0) is 44.2 Å². The van der Waals surface area contributed by atoms with Crippen molar-refractivity contribution in [3.8, 4) is 6.07 Å². The maximum atomic E-state index is 14.8. The summed E-state index contributed by atoms with van der Waals surface area (Å²) in [7, 11) is 0. The molecule has 0 spiro atoms. The van der Waals surface area contributed by atoms with Gasteiger partial charge in [-0.3, -0.25) is 0 Å². The number of nitrogens with one attached hydrogen (secondary N) is 2. The summed E-state index contributed by atoms with van der Waals surface area (Å²) >= 11 is 6.29. The van der Waals surface area contributed by atoms with Crippen LogP contribution in [0.1, 0.15) is 44.2 Å². The summed E-state index contributed by atoms with van der Waals surface area (Å²) in [6, 6.07) is 8.08. The third kappa shape index (κ3) is 6.53. The first-order valence-electron chi connectivity index (χ1n) is 12.2. The van der Waals surface area contributed by atoms with Crippen LogP contribution in [0.5, 0.6) is 0 Å². The SMILES string of the molecule is CCC(C)=Cc1cnc(Nc2cc(N3CCCC(CO)C3)ncn2)cc1Nc1c(F)cc(C#N)cc1Cl. The van der Waals surface area contributed by atoms with Gasteiger partial charge in [-0.1, -0.05) is 30.2 Å². The molecule has 0 radical (unpaired) electrons. The molecule has 0 bridgehead atoms. The number of piperidine rings is 1. The molecule has 0 aliphatic carbocycles. The van der Waals surface area contributed by atoms with E-state index in [-0.39, 0.29) is 28.8 Å². The second kappa shape index (κ2) is 12.0. The zero-order valence-corrected chi connectivity index (χ0v) is 21.6. The predicted molar refractivity (Wildman–Crippen MR) is 145 cm³/mol. The van der Waals surface area contributed by atoms with Gasteiger partial charge in [0.2, 0.25) is 0 Å². The third-order valence-corrected chi connectivity index (χ3v) is 6.63. The average Bonchev–Trinajstić information content (AvgIpc) is 2.91. The van der Waals surface area contributed by atoms with Crippen molar-refractivity contribution in [2.45, 2.75) is 33.1 Å². The molecule has 1 atom stereocenters. The van der Waals surface area contributed by atoms with E-state index in [0.29, 0.717) is 17.3 Å². The van der Waals surface area contributed by atoms with Crippen LogP contribution < -0.4 is 15.5 Å². The van der Waals surface area contributed by atoms with Crippen LogP contribution in [0, 0.1) is 23.1 Å². The molecule has 37 heavy (non-hydrogen) atoms. The summed E-state index contributed by atoms with van der Waals surface area (Å²) in [6.45, 7) is 5.84. The molecule has 3 heterocycles. The number of aliphatic hydroxyl groups excluding tert-OH is 1. The Bertz CT molecular complexity index is 1320. The minimum absolute atomic E-state index is 0.0782. The lowest BCUT2D eigenvalue weighted by atomic mass is 9.99. The largest absolute Gasteiger partial charge is 0.396 e. The molecular weight excluding hydrogens is 493 g/mol. The van der Waals surface area contributed by atoms with Crippen LogP contribution >= 0.6 is 11.6 Å². The summed E-state index contributed by atoms with van der Waals surface area (Å²) in [5.74, 6) is 1.44. The van der Waals surface area contributed by atoms with E-state index < -0.39 is 5.82 Å². The van der Waals surface area contributed by atoms with Crippen molar-refractivity contribution in [3.05, 3.63) is 64.3 Å². The number of rotatable bonds is 8. The number of halogens is 2. The number of aliphatic hydroxyl groups is 1. The van der Waals surface area contributed by atoms with Crippen LogP contribution in [0.4, 0.5) is 33.2 Å². The van der Waals surface area contributed by atoms with E-state index in [2.05, 4.69) is 37.4 Å².